The van der Waals surface area contributed by atoms with Gasteiger partial charge in [0.25, 0.3) is 5.56 Å². The zero-order valence-corrected chi connectivity index (χ0v) is 28.2. The molecule has 6 rings (SSSR count). The SMILES string of the molecule is COc1nc(-c2cccc(-c3cccc(-c4ccn5c(=O)c(CNCC(C)N)cnc5c4)c3Cl)c2Cl)ccc1CNC[C@@H]1CCC(=O)N1. The fraction of sp³-hybridized carbons (Fsp3) is 0.278. The summed E-state index contributed by atoms with van der Waals surface area (Å²) in [6.45, 7) is 4.11. The van der Waals surface area contributed by atoms with Crippen molar-refractivity contribution in [1.82, 2.24) is 30.3 Å². The van der Waals surface area contributed by atoms with Crippen LogP contribution in [0.5, 0.6) is 5.88 Å². The Bertz CT molecular complexity index is 2030. The molecule has 1 unspecified atom stereocenters. The zero-order chi connectivity index (χ0) is 33.8. The number of halogens is 2. The van der Waals surface area contributed by atoms with E-state index >= 15 is 0 Å². The third-order valence-electron chi connectivity index (χ3n) is 8.36. The van der Waals surface area contributed by atoms with Crippen molar-refractivity contribution in [3.63, 3.8) is 0 Å². The predicted octanol–water partition coefficient (Wildman–Crippen LogP) is 5.21. The van der Waals surface area contributed by atoms with Crippen LogP contribution in [0.2, 0.25) is 10.0 Å². The van der Waals surface area contributed by atoms with Crippen LogP contribution in [0.1, 0.15) is 30.9 Å². The first-order valence-corrected chi connectivity index (χ1v) is 16.6. The monoisotopic (exact) mass is 685 g/mol. The summed E-state index contributed by atoms with van der Waals surface area (Å²) in [5.74, 6) is 0.590. The number of rotatable bonds is 12. The first-order valence-electron chi connectivity index (χ1n) is 15.8. The lowest BCUT2D eigenvalue weighted by molar-refractivity contribution is -0.119. The van der Waals surface area contributed by atoms with Gasteiger partial charge in [-0.15, -0.1) is 0 Å². The van der Waals surface area contributed by atoms with Gasteiger partial charge in [0.2, 0.25) is 11.8 Å². The van der Waals surface area contributed by atoms with Crippen molar-refractivity contribution in [3.05, 3.63) is 105 Å². The Morgan fingerprint density at radius 2 is 1.69 bits per heavy atom. The molecule has 1 saturated heterocycles. The highest BCUT2D eigenvalue weighted by molar-refractivity contribution is 6.39. The number of amides is 1. The second kappa shape index (κ2) is 14.8. The van der Waals surface area contributed by atoms with Crippen LogP contribution in [0, 0.1) is 0 Å². The van der Waals surface area contributed by atoms with Crippen LogP contribution in [0.15, 0.2) is 77.9 Å². The molecule has 2 atom stereocenters. The first-order chi connectivity index (χ1) is 23.2. The number of hydrogen-bond acceptors (Lipinski definition) is 8. The zero-order valence-electron chi connectivity index (χ0n) is 26.7. The third-order valence-corrected chi connectivity index (χ3v) is 9.18. The van der Waals surface area contributed by atoms with E-state index in [1.54, 1.807) is 19.5 Å². The molecule has 0 aliphatic carbocycles. The first kappa shape index (κ1) is 33.6. The number of aromatic nitrogens is 3. The topological polar surface area (TPSA) is 136 Å². The number of nitrogens with zero attached hydrogens (tertiary/aromatic N) is 3. The largest absolute Gasteiger partial charge is 0.481 e. The minimum atomic E-state index is -0.138. The maximum Gasteiger partial charge on any atom is 0.262 e. The van der Waals surface area contributed by atoms with E-state index in [1.807, 2.05) is 67.6 Å². The molecular formula is C36H37Cl2N7O3. The predicted molar refractivity (Wildman–Crippen MR) is 190 cm³/mol. The van der Waals surface area contributed by atoms with Crippen molar-refractivity contribution < 1.29 is 9.53 Å². The molecular weight excluding hydrogens is 649 g/mol. The third kappa shape index (κ3) is 7.23. The van der Waals surface area contributed by atoms with Crippen LogP contribution in [0.3, 0.4) is 0 Å². The Hall–Kier alpha value is -4.32. The number of methoxy groups -OCH3 is 1. The lowest BCUT2D eigenvalue weighted by atomic mass is 9.97. The Balaban J connectivity index is 1.25. The number of ether oxygens (including phenoxy) is 1. The van der Waals surface area contributed by atoms with Crippen molar-refractivity contribution in [1.29, 1.82) is 0 Å². The molecule has 1 aliphatic rings. The van der Waals surface area contributed by atoms with Gasteiger partial charge in [-0.2, -0.15) is 0 Å². The van der Waals surface area contributed by atoms with Gasteiger partial charge < -0.3 is 26.4 Å². The molecule has 1 aliphatic heterocycles. The number of hydrogen-bond donors (Lipinski definition) is 4. The van der Waals surface area contributed by atoms with Crippen LogP contribution >= 0.6 is 23.2 Å². The molecule has 248 valence electrons. The highest BCUT2D eigenvalue weighted by atomic mass is 35.5. The standard InChI is InChI=1S/C36H37Cl2N7O3/c1-21(39)16-40-18-24-19-42-31-15-22(13-14-45(31)36(24)47)26-5-3-6-27(33(26)37)28-7-4-8-29(34(28)38)30-11-9-23(35(44-30)48-2)17-41-20-25-10-12-32(46)43-25/h3-9,11,13-15,19,21,25,40-41H,10,12,16-18,20,39H2,1-2H3,(H,43,46)/t21?,25-/m0/s1. The van der Waals surface area contributed by atoms with E-state index in [9.17, 15) is 9.59 Å². The molecule has 2 aromatic carbocycles. The summed E-state index contributed by atoms with van der Waals surface area (Å²) in [5, 5.41) is 10.6. The minimum absolute atomic E-state index is 0.0128. The van der Waals surface area contributed by atoms with Gasteiger partial charge in [0.1, 0.15) is 5.65 Å². The number of nitrogens with one attached hydrogen (secondary N) is 3. The normalized spacial score (nSPS) is 15.1. The summed E-state index contributed by atoms with van der Waals surface area (Å²) in [4.78, 5) is 33.9. The quantitative estimate of drug-likeness (QED) is 0.141. The van der Waals surface area contributed by atoms with Crippen molar-refractivity contribution in [3.8, 4) is 39.4 Å². The molecule has 4 heterocycles. The van der Waals surface area contributed by atoms with Crippen molar-refractivity contribution in [2.75, 3.05) is 20.2 Å². The molecule has 12 heteroatoms. The average Bonchev–Trinajstić information content (AvgIpc) is 3.50. The summed E-state index contributed by atoms with van der Waals surface area (Å²) in [6.07, 6.45) is 4.72. The Labute approximate surface area is 288 Å². The number of fused-ring (bicyclic) bond motifs is 1. The number of benzene rings is 2. The van der Waals surface area contributed by atoms with E-state index in [0.717, 1.165) is 39.8 Å². The molecule has 0 saturated carbocycles. The minimum Gasteiger partial charge on any atom is -0.481 e. The number of carbonyl (C=O) groups is 1. The molecule has 0 radical (unpaired) electrons. The van der Waals surface area contributed by atoms with Gasteiger partial charge in [-0.1, -0.05) is 65.7 Å². The molecule has 10 nitrogen and oxygen atoms in total. The lowest BCUT2D eigenvalue weighted by Gasteiger charge is -2.16. The molecule has 1 fully saturated rings. The number of carbonyl (C=O) groups excluding carboxylic acids is 1. The Morgan fingerprint density at radius 1 is 0.979 bits per heavy atom. The Kier molecular flexibility index (Phi) is 10.4. The van der Waals surface area contributed by atoms with E-state index < -0.39 is 0 Å². The van der Waals surface area contributed by atoms with E-state index in [4.69, 9.17) is 38.7 Å². The molecule has 48 heavy (non-hydrogen) atoms. The summed E-state index contributed by atoms with van der Waals surface area (Å²) < 4.78 is 7.17. The maximum absolute atomic E-state index is 13.1. The smallest absolute Gasteiger partial charge is 0.262 e. The van der Waals surface area contributed by atoms with Crippen LogP contribution in [0.25, 0.3) is 39.2 Å². The molecule has 3 aromatic heterocycles. The second-order valence-corrected chi connectivity index (χ2v) is 12.7. The summed E-state index contributed by atoms with van der Waals surface area (Å²) in [6, 6.07) is 19.3. The highest BCUT2D eigenvalue weighted by Gasteiger charge is 2.21. The lowest BCUT2D eigenvalue weighted by Crippen LogP contribution is -2.35. The second-order valence-electron chi connectivity index (χ2n) is 12.0. The van der Waals surface area contributed by atoms with Crippen molar-refractivity contribution in [2.24, 2.45) is 5.73 Å². The van der Waals surface area contributed by atoms with E-state index in [-0.39, 0.29) is 23.6 Å². The summed E-state index contributed by atoms with van der Waals surface area (Å²) in [7, 11) is 1.59. The number of pyridine rings is 2. The fourth-order valence-corrected chi connectivity index (χ4v) is 6.54. The Morgan fingerprint density at radius 3 is 2.40 bits per heavy atom. The van der Waals surface area contributed by atoms with Gasteiger partial charge in [-0.3, -0.25) is 14.0 Å². The highest BCUT2D eigenvalue weighted by Crippen LogP contribution is 2.42. The van der Waals surface area contributed by atoms with Gasteiger partial charge in [0.05, 0.1) is 22.8 Å². The average molecular weight is 687 g/mol. The molecule has 1 amide bonds. The summed E-state index contributed by atoms with van der Waals surface area (Å²) >= 11 is 14.1. The van der Waals surface area contributed by atoms with Crippen LogP contribution < -0.4 is 32.0 Å². The van der Waals surface area contributed by atoms with Gasteiger partial charge in [-0.05, 0) is 37.1 Å². The molecule has 0 bridgehead atoms. The fourth-order valence-electron chi connectivity index (χ4n) is 5.88. The van der Waals surface area contributed by atoms with E-state index in [1.165, 1.54) is 4.40 Å². The van der Waals surface area contributed by atoms with Crippen LogP contribution in [0.4, 0.5) is 0 Å². The molecule has 5 N–H and O–H groups in total. The number of nitrogens with two attached hydrogens (primary N) is 1. The maximum atomic E-state index is 13.1. The van der Waals surface area contributed by atoms with Crippen LogP contribution in [-0.2, 0) is 17.9 Å². The van der Waals surface area contributed by atoms with Gasteiger partial charge >= 0.3 is 0 Å². The van der Waals surface area contributed by atoms with Gasteiger partial charge in [0, 0.05) is 90.5 Å². The van der Waals surface area contributed by atoms with Crippen molar-refractivity contribution >= 4 is 34.8 Å². The summed E-state index contributed by atoms with van der Waals surface area (Å²) in [5.41, 5.74) is 12.2. The van der Waals surface area contributed by atoms with E-state index in [0.29, 0.717) is 65.4 Å². The molecule has 0 spiro atoms. The van der Waals surface area contributed by atoms with Gasteiger partial charge in [-0.25, -0.2) is 9.97 Å². The van der Waals surface area contributed by atoms with Gasteiger partial charge in [0.15, 0.2) is 0 Å². The van der Waals surface area contributed by atoms with Crippen molar-refractivity contribution in [2.45, 2.75) is 44.9 Å². The van der Waals surface area contributed by atoms with Crippen LogP contribution in [-0.4, -0.2) is 52.6 Å². The molecule has 5 aromatic rings. The van der Waals surface area contributed by atoms with E-state index in [2.05, 4.69) is 20.9 Å².